The monoisotopic (exact) mass is 681 g/mol. The Balaban J connectivity index is 0.833. The first kappa shape index (κ1) is 33.2. The summed E-state index contributed by atoms with van der Waals surface area (Å²) in [7, 11) is 0. The molecule has 3 aliphatic heterocycles. The zero-order valence-electron chi connectivity index (χ0n) is 27.4. The van der Waals surface area contributed by atoms with E-state index in [1.807, 2.05) is 6.08 Å². The van der Waals surface area contributed by atoms with Crippen molar-refractivity contribution in [1.29, 1.82) is 0 Å². The fourth-order valence-electron chi connectivity index (χ4n) is 6.68. The number of aliphatic imine (C=N–C) groups is 1. The number of nitrogens with zero attached hydrogens (tertiary/aromatic N) is 3. The van der Waals surface area contributed by atoms with Crippen LogP contribution in [0.4, 0.5) is 5.69 Å². The van der Waals surface area contributed by atoms with E-state index in [1.54, 1.807) is 18.2 Å². The van der Waals surface area contributed by atoms with Gasteiger partial charge in [0, 0.05) is 51.0 Å². The first-order valence-electron chi connectivity index (χ1n) is 17.1. The summed E-state index contributed by atoms with van der Waals surface area (Å²) in [5.41, 5.74) is 4.49. The predicted octanol–water partition coefficient (Wildman–Crippen LogP) is 4.08. The zero-order valence-corrected chi connectivity index (χ0v) is 28.3. The lowest BCUT2D eigenvalue weighted by atomic mass is 10.0. The standard InChI is InChI=1S/C37H43N7O4S/c45-30(24-48-32-8-4-7-31-34(32)41-36(47)40-31)22-38-27-15-19-44(20-16-27)29-11-9-25(10-12-29)21-33-35(46)42-37(49-33)39-28-13-17-43(18-14-28)23-26-5-2-1-3-6-26/h1-12,21,27-28,30,38,45H,13-20,22-24H2,(H,39,42,46)(H2,40,41,47)/t30-/m0/s1. The normalized spacial score (nSPS) is 20.3. The number of carbonyl (C=O) groups is 1. The maximum absolute atomic E-state index is 12.7. The number of para-hydroxylation sites is 1. The second-order valence-electron chi connectivity index (χ2n) is 13.0. The number of likely N-dealkylation sites (tertiary alicyclic amines) is 1. The summed E-state index contributed by atoms with van der Waals surface area (Å²) in [5.74, 6) is 0.450. The number of aromatic amines is 2. The number of aliphatic hydroxyl groups is 1. The SMILES string of the molecule is O=C1NC(=NC2CCN(Cc3ccccc3)CC2)SC1=Cc1ccc(N2CCC(NC[C@H](O)COc3cccc4[nH]c(=O)[nH]c34)CC2)cc1. The molecule has 12 heteroatoms. The first-order valence-corrected chi connectivity index (χ1v) is 17.9. The number of amides is 1. The molecule has 11 nitrogen and oxygen atoms in total. The fraction of sp³-hybridized carbons (Fsp3) is 0.378. The molecule has 3 aromatic carbocycles. The lowest BCUT2D eigenvalue weighted by Gasteiger charge is -2.34. The number of fused-ring (bicyclic) bond motifs is 1. The van der Waals surface area contributed by atoms with E-state index in [9.17, 15) is 14.7 Å². The van der Waals surface area contributed by atoms with Gasteiger partial charge in [-0.1, -0.05) is 48.5 Å². The topological polar surface area (TPSA) is 138 Å². The third-order valence-electron chi connectivity index (χ3n) is 9.39. The molecule has 3 aliphatic rings. The van der Waals surface area contributed by atoms with Crippen molar-refractivity contribution in [3.63, 3.8) is 0 Å². The van der Waals surface area contributed by atoms with Gasteiger partial charge in [0.15, 0.2) is 5.17 Å². The Morgan fingerprint density at radius 3 is 2.49 bits per heavy atom. The van der Waals surface area contributed by atoms with Crippen LogP contribution in [0.2, 0.25) is 0 Å². The van der Waals surface area contributed by atoms with Crippen molar-refractivity contribution in [2.45, 2.75) is 50.4 Å². The number of imidazole rings is 1. The molecule has 4 heterocycles. The number of hydrogen-bond acceptors (Lipinski definition) is 9. The number of thioether (sulfide) groups is 1. The van der Waals surface area contributed by atoms with Gasteiger partial charge in [-0.25, -0.2) is 4.79 Å². The Bertz CT molecular complexity index is 1840. The number of rotatable bonds is 11. The maximum Gasteiger partial charge on any atom is 0.323 e. The van der Waals surface area contributed by atoms with Crippen molar-refractivity contribution >= 4 is 45.6 Å². The van der Waals surface area contributed by atoms with Gasteiger partial charge in [0.25, 0.3) is 5.91 Å². The van der Waals surface area contributed by atoms with Crippen molar-refractivity contribution in [2.75, 3.05) is 44.2 Å². The Morgan fingerprint density at radius 2 is 1.71 bits per heavy atom. The number of amidine groups is 1. The van der Waals surface area contributed by atoms with E-state index in [0.29, 0.717) is 39.4 Å². The van der Waals surface area contributed by atoms with Crippen molar-refractivity contribution in [2.24, 2.45) is 4.99 Å². The van der Waals surface area contributed by atoms with Gasteiger partial charge in [0.2, 0.25) is 0 Å². The molecular formula is C37H43N7O4S. The first-order chi connectivity index (χ1) is 23.9. The smallest absolute Gasteiger partial charge is 0.323 e. The van der Waals surface area contributed by atoms with Gasteiger partial charge in [-0.05, 0) is 78.9 Å². The highest BCUT2D eigenvalue weighted by molar-refractivity contribution is 8.18. The molecule has 0 bridgehead atoms. The fourth-order valence-corrected chi connectivity index (χ4v) is 7.57. The number of anilines is 1. The van der Waals surface area contributed by atoms with E-state index in [1.165, 1.54) is 17.3 Å². The van der Waals surface area contributed by atoms with Crippen LogP contribution in [0.3, 0.4) is 0 Å². The molecule has 0 spiro atoms. The minimum absolute atomic E-state index is 0.0880. The molecule has 1 amide bonds. The summed E-state index contributed by atoms with van der Waals surface area (Å²) in [6.45, 7) is 5.38. The van der Waals surface area contributed by atoms with Crippen molar-refractivity contribution in [3.05, 3.63) is 99.3 Å². The van der Waals surface area contributed by atoms with Gasteiger partial charge in [-0.3, -0.25) is 14.7 Å². The van der Waals surface area contributed by atoms with Crippen LogP contribution in [0.25, 0.3) is 17.1 Å². The molecule has 3 fully saturated rings. The second-order valence-corrected chi connectivity index (χ2v) is 14.0. The molecule has 7 rings (SSSR count). The highest BCUT2D eigenvalue weighted by Crippen LogP contribution is 2.29. The third-order valence-corrected chi connectivity index (χ3v) is 10.3. The van der Waals surface area contributed by atoms with Crippen LogP contribution >= 0.6 is 11.8 Å². The van der Waals surface area contributed by atoms with Crippen LogP contribution in [0.1, 0.15) is 36.8 Å². The highest BCUT2D eigenvalue weighted by atomic mass is 32.2. The van der Waals surface area contributed by atoms with Gasteiger partial charge in [0.05, 0.1) is 16.5 Å². The van der Waals surface area contributed by atoms with Crippen LogP contribution in [-0.4, -0.2) is 88.6 Å². The number of nitrogens with one attached hydrogen (secondary N) is 4. The molecule has 1 aromatic heterocycles. The second kappa shape index (κ2) is 15.5. The molecule has 0 aliphatic carbocycles. The number of aromatic nitrogens is 2. The lowest BCUT2D eigenvalue weighted by molar-refractivity contribution is -0.115. The maximum atomic E-state index is 12.7. The van der Waals surface area contributed by atoms with E-state index in [-0.39, 0.29) is 24.2 Å². The largest absolute Gasteiger partial charge is 0.489 e. The number of H-pyrrole nitrogens is 2. The van der Waals surface area contributed by atoms with Gasteiger partial charge in [0.1, 0.15) is 24.0 Å². The molecular weight excluding hydrogens is 639 g/mol. The predicted molar refractivity (Wildman–Crippen MR) is 196 cm³/mol. The van der Waals surface area contributed by atoms with Crippen LogP contribution < -0.4 is 26.0 Å². The third kappa shape index (κ3) is 8.63. The molecule has 5 N–H and O–H groups in total. The number of hydrogen-bond donors (Lipinski definition) is 5. The Morgan fingerprint density at radius 1 is 0.939 bits per heavy atom. The number of benzene rings is 3. The quantitative estimate of drug-likeness (QED) is 0.150. The Kier molecular flexibility index (Phi) is 10.5. The molecule has 49 heavy (non-hydrogen) atoms. The summed E-state index contributed by atoms with van der Waals surface area (Å²) in [4.78, 5) is 40.2. The summed E-state index contributed by atoms with van der Waals surface area (Å²) in [5, 5.41) is 17.7. The van der Waals surface area contributed by atoms with Crippen LogP contribution in [-0.2, 0) is 11.3 Å². The van der Waals surface area contributed by atoms with Crippen molar-refractivity contribution in [1.82, 2.24) is 25.5 Å². The van der Waals surface area contributed by atoms with Gasteiger partial charge in [-0.2, -0.15) is 0 Å². The van der Waals surface area contributed by atoms with E-state index in [0.717, 1.165) is 69.7 Å². The molecule has 3 saturated heterocycles. The summed E-state index contributed by atoms with van der Waals surface area (Å²) in [6.07, 6.45) is 5.19. The molecule has 0 unspecified atom stereocenters. The van der Waals surface area contributed by atoms with Crippen molar-refractivity contribution < 1.29 is 14.6 Å². The van der Waals surface area contributed by atoms with Gasteiger partial charge >= 0.3 is 5.69 Å². The molecule has 0 radical (unpaired) electrons. The minimum Gasteiger partial charge on any atom is -0.489 e. The number of piperidine rings is 2. The number of aliphatic hydroxyl groups excluding tert-OH is 1. The van der Waals surface area contributed by atoms with E-state index < -0.39 is 6.10 Å². The Labute approximate surface area is 289 Å². The van der Waals surface area contributed by atoms with E-state index in [4.69, 9.17) is 9.73 Å². The van der Waals surface area contributed by atoms with Crippen LogP contribution in [0.5, 0.6) is 5.75 Å². The van der Waals surface area contributed by atoms with E-state index in [2.05, 4.69) is 85.0 Å². The number of ether oxygens (including phenoxy) is 1. The summed E-state index contributed by atoms with van der Waals surface area (Å²) < 4.78 is 5.80. The average molecular weight is 682 g/mol. The summed E-state index contributed by atoms with van der Waals surface area (Å²) in [6, 6.07) is 24.9. The van der Waals surface area contributed by atoms with E-state index >= 15 is 0 Å². The van der Waals surface area contributed by atoms with Crippen molar-refractivity contribution in [3.8, 4) is 5.75 Å². The molecule has 1 atom stereocenters. The van der Waals surface area contributed by atoms with Gasteiger partial charge < -0.3 is 35.3 Å². The zero-order chi connectivity index (χ0) is 33.6. The number of carbonyl (C=O) groups excluding carboxylic acids is 1. The van der Waals surface area contributed by atoms with Crippen LogP contribution in [0, 0.1) is 0 Å². The molecule has 4 aromatic rings. The Hall–Kier alpha value is -4.36. The molecule has 0 saturated carbocycles. The lowest BCUT2D eigenvalue weighted by Crippen LogP contribution is -2.45. The van der Waals surface area contributed by atoms with Crippen LogP contribution in [0.15, 0.2) is 87.5 Å². The average Bonchev–Trinajstić information content (AvgIpc) is 3.68. The summed E-state index contributed by atoms with van der Waals surface area (Å²) >= 11 is 1.43. The highest BCUT2D eigenvalue weighted by Gasteiger charge is 2.27. The molecule has 256 valence electrons. The minimum atomic E-state index is -0.675. The van der Waals surface area contributed by atoms with Gasteiger partial charge in [-0.15, -0.1) is 0 Å².